The predicted octanol–water partition coefficient (Wildman–Crippen LogP) is 4.56. The van der Waals surface area contributed by atoms with Crippen LogP contribution in [0.5, 0.6) is 28.9 Å². The molecule has 8 nitrogen and oxygen atoms in total. The van der Waals surface area contributed by atoms with Crippen molar-refractivity contribution in [2.75, 3.05) is 13.9 Å². The summed E-state index contributed by atoms with van der Waals surface area (Å²) >= 11 is 0. The Morgan fingerprint density at radius 2 is 1.88 bits per heavy atom. The topological polar surface area (TPSA) is 111 Å². The first-order chi connectivity index (χ1) is 15.5. The van der Waals surface area contributed by atoms with Gasteiger partial charge in [0.25, 0.3) is 0 Å². The van der Waals surface area contributed by atoms with E-state index in [9.17, 15) is 10.1 Å². The molecule has 0 bridgehead atoms. The number of aryl methyl sites for hydroxylation is 1. The molecule has 0 aliphatic carbocycles. The van der Waals surface area contributed by atoms with Crippen molar-refractivity contribution in [1.29, 1.82) is 5.26 Å². The molecule has 1 aliphatic rings. The number of carboxylic acid groups (broad SMARTS) is 1. The van der Waals surface area contributed by atoms with Gasteiger partial charge in [0.15, 0.2) is 11.5 Å². The van der Waals surface area contributed by atoms with E-state index in [4.69, 9.17) is 24.1 Å². The van der Waals surface area contributed by atoms with Gasteiger partial charge in [-0.2, -0.15) is 5.26 Å². The number of carboxylic acids is 1. The van der Waals surface area contributed by atoms with Gasteiger partial charge in [0.05, 0.1) is 7.11 Å². The molecule has 0 fully saturated rings. The van der Waals surface area contributed by atoms with Gasteiger partial charge >= 0.3 is 5.97 Å². The Bertz CT molecular complexity index is 1260. The van der Waals surface area contributed by atoms with E-state index in [-0.39, 0.29) is 18.2 Å². The number of methoxy groups -OCH3 is 1. The van der Waals surface area contributed by atoms with Gasteiger partial charge in [-0.05, 0) is 42.8 Å². The lowest BCUT2D eigenvalue weighted by molar-refractivity contribution is -0.131. The quantitative estimate of drug-likeness (QED) is 0.567. The second kappa shape index (κ2) is 8.70. The van der Waals surface area contributed by atoms with Gasteiger partial charge in [-0.25, -0.2) is 9.78 Å². The lowest BCUT2D eigenvalue weighted by Gasteiger charge is -2.16. The normalized spacial score (nSPS) is 11.9. The molecular formula is C24H18N2O6. The number of nitriles is 1. The van der Waals surface area contributed by atoms with Crippen LogP contribution in [0.1, 0.15) is 16.8 Å². The second-order valence-electron chi connectivity index (χ2n) is 6.80. The summed E-state index contributed by atoms with van der Waals surface area (Å²) in [6.07, 6.45) is 2.44. The maximum absolute atomic E-state index is 11.1. The molecule has 1 aromatic heterocycles. The first-order valence-corrected chi connectivity index (χ1v) is 9.57. The van der Waals surface area contributed by atoms with E-state index < -0.39 is 5.97 Å². The van der Waals surface area contributed by atoms with Crippen molar-refractivity contribution in [3.63, 3.8) is 0 Å². The van der Waals surface area contributed by atoms with Gasteiger partial charge in [0.1, 0.15) is 23.1 Å². The monoisotopic (exact) mass is 430 g/mol. The molecule has 1 N–H and O–H groups in total. The van der Waals surface area contributed by atoms with Crippen LogP contribution in [0, 0.1) is 18.3 Å². The third-order valence-corrected chi connectivity index (χ3v) is 4.83. The zero-order chi connectivity index (χ0) is 22.7. The number of carbonyl (C=O) groups is 1. The number of pyridine rings is 1. The van der Waals surface area contributed by atoms with Gasteiger partial charge in [0.2, 0.25) is 12.7 Å². The van der Waals surface area contributed by atoms with E-state index in [0.717, 1.165) is 6.08 Å². The van der Waals surface area contributed by atoms with Crippen molar-refractivity contribution in [3.05, 3.63) is 65.4 Å². The van der Waals surface area contributed by atoms with Crippen molar-refractivity contribution in [3.8, 4) is 46.1 Å². The number of aliphatic carboxylic acids is 1. The number of rotatable bonds is 6. The number of benzene rings is 2. The summed E-state index contributed by atoms with van der Waals surface area (Å²) < 4.78 is 21.9. The van der Waals surface area contributed by atoms with Gasteiger partial charge < -0.3 is 24.1 Å². The molecule has 0 amide bonds. The van der Waals surface area contributed by atoms with Gasteiger partial charge in [0, 0.05) is 29.0 Å². The Labute approximate surface area is 183 Å². The highest BCUT2D eigenvalue weighted by Gasteiger charge is 2.21. The molecule has 8 heteroatoms. The Morgan fingerprint density at radius 3 is 2.56 bits per heavy atom. The predicted molar refractivity (Wildman–Crippen MR) is 115 cm³/mol. The molecule has 0 unspecified atom stereocenters. The maximum Gasteiger partial charge on any atom is 0.328 e. The Morgan fingerprint density at radius 1 is 1.16 bits per heavy atom. The molecule has 4 rings (SSSR count). The molecule has 2 aromatic carbocycles. The molecule has 1 aliphatic heterocycles. The van der Waals surface area contributed by atoms with E-state index in [1.807, 2.05) is 0 Å². The standard InChI is InChI=1S/C24H18N2O6/c1-14-18(8-10-22(27)28)23(15-3-5-16(29-2)6-4-15)19(12-25)24(26-14)32-17-7-9-20-21(11-17)31-13-30-20/h3-11H,13H2,1-2H3,(H,27,28). The largest absolute Gasteiger partial charge is 0.497 e. The van der Waals surface area contributed by atoms with E-state index in [0.29, 0.717) is 45.4 Å². The molecule has 32 heavy (non-hydrogen) atoms. The molecule has 160 valence electrons. The number of hydrogen-bond acceptors (Lipinski definition) is 7. The van der Waals surface area contributed by atoms with Crippen molar-refractivity contribution in [2.24, 2.45) is 0 Å². The van der Waals surface area contributed by atoms with Crippen molar-refractivity contribution in [2.45, 2.75) is 6.92 Å². The van der Waals surface area contributed by atoms with Crippen LogP contribution in [0.4, 0.5) is 0 Å². The fourth-order valence-corrected chi connectivity index (χ4v) is 3.34. The summed E-state index contributed by atoms with van der Waals surface area (Å²) in [6, 6.07) is 14.3. The smallest absolute Gasteiger partial charge is 0.328 e. The van der Waals surface area contributed by atoms with E-state index in [1.165, 1.54) is 6.08 Å². The second-order valence-corrected chi connectivity index (χ2v) is 6.80. The van der Waals surface area contributed by atoms with E-state index in [2.05, 4.69) is 11.1 Å². The van der Waals surface area contributed by atoms with Gasteiger partial charge in [-0.15, -0.1) is 0 Å². The summed E-state index contributed by atoms with van der Waals surface area (Å²) in [4.78, 5) is 15.6. The number of fused-ring (bicyclic) bond motifs is 1. The van der Waals surface area contributed by atoms with Crippen LogP contribution < -0.4 is 18.9 Å². The number of nitrogens with zero attached hydrogens (tertiary/aromatic N) is 2. The summed E-state index contributed by atoms with van der Waals surface area (Å²) in [6.45, 7) is 1.86. The van der Waals surface area contributed by atoms with Crippen LogP contribution in [0.25, 0.3) is 17.2 Å². The SMILES string of the molecule is COc1ccc(-c2c(C#N)c(Oc3ccc4c(c3)OCO4)nc(C)c2C=CC(=O)O)cc1. The van der Waals surface area contributed by atoms with Crippen LogP contribution >= 0.6 is 0 Å². The molecule has 2 heterocycles. The average Bonchev–Trinajstić information content (AvgIpc) is 3.26. The molecule has 0 saturated carbocycles. The summed E-state index contributed by atoms with van der Waals surface area (Å²) in [5.41, 5.74) is 2.38. The fourth-order valence-electron chi connectivity index (χ4n) is 3.34. The molecule has 0 spiro atoms. The van der Waals surface area contributed by atoms with Crippen molar-refractivity contribution in [1.82, 2.24) is 4.98 Å². The average molecular weight is 430 g/mol. The summed E-state index contributed by atoms with van der Waals surface area (Å²) in [5.74, 6) is 1.21. The zero-order valence-electron chi connectivity index (χ0n) is 17.3. The van der Waals surface area contributed by atoms with Crippen LogP contribution in [-0.2, 0) is 4.79 Å². The molecular weight excluding hydrogens is 412 g/mol. The van der Waals surface area contributed by atoms with Crippen LogP contribution in [0.2, 0.25) is 0 Å². The minimum Gasteiger partial charge on any atom is -0.497 e. The van der Waals surface area contributed by atoms with Crippen molar-refractivity contribution >= 4 is 12.0 Å². The lowest BCUT2D eigenvalue weighted by Crippen LogP contribution is -2.02. The zero-order valence-corrected chi connectivity index (χ0v) is 17.3. The highest BCUT2D eigenvalue weighted by molar-refractivity contribution is 5.90. The van der Waals surface area contributed by atoms with E-state index in [1.54, 1.807) is 56.5 Å². The third kappa shape index (κ3) is 4.04. The molecule has 3 aromatic rings. The Hall–Kier alpha value is -4.51. The van der Waals surface area contributed by atoms with Crippen LogP contribution in [-0.4, -0.2) is 30.0 Å². The number of aromatic nitrogens is 1. The first kappa shape index (κ1) is 20.8. The van der Waals surface area contributed by atoms with Crippen molar-refractivity contribution < 1.29 is 28.8 Å². The number of ether oxygens (including phenoxy) is 4. The minimum atomic E-state index is -1.11. The van der Waals surface area contributed by atoms with Gasteiger partial charge in [-0.3, -0.25) is 0 Å². The summed E-state index contributed by atoms with van der Waals surface area (Å²) in [5, 5.41) is 19.1. The Balaban J connectivity index is 1.87. The van der Waals surface area contributed by atoms with E-state index >= 15 is 0 Å². The van der Waals surface area contributed by atoms with Crippen LogP contribution in [0.15, 0.2) is 48.5 Å². The third-order valence-electron chi connectivity index (χ3n) is 4.83. The fraction of sp³-hybridized carbons (Fsp3) is 0.125. The highest BCUT2D eigenvalue weighted by Crippen LogP contribution is 2.40. The van der Waals surface area contributed by atoms with Gasteiger partial charge in [-0.1, -0.05) is 12.1 Å². The lowest BCUT2D eigenvalue weighted by atomic mass is 9.94. The minimum absolute atomic E-state index is 0.0992. The highest BCUT2D eigenvalue weighted by atomic mass is 16.7. The molecule has 0 saturated heterocycles. The Kier molecular flexibility index (Phi) is 5.64. The summed E-state index contributed by atoms with van der Waals surface area (Å²) in [7, 11) is 1.56. The maximum atomic E-state index is 11.1. The molecule has 0 atom stereocenters. The number of hydrogen-bond donors (Lipinski definition) is 1. The first-order valence-electron chi connectivity index (χ1n) is 9.57. The molecule has 0 radical (unpaired) electrons. The van der Waals surface area contributed by atoms with Crippen LogP contribution in [0.3, 0.4) is 0 Å².